The van der Waals surface area contributed by atoms with Crippen molar-refractivity contribution in [2.45, 2.75) is 77.8 Å². The Labute approximate surface area is 108 Å². The molecule has 0 saturated heterocycles. The first kappa shape index (κ1) is 15.0. The summed E-state index contributed by atoms with van der Waals surface area (Å²) >= 11 is 0. The Morgan fingerprint density at radius 1 is 1.29 bits per heavy atom. The van der Waals surface area contributed by atoms with E-state index in [0.717, 1.165) is 19.0 Å². The Hall–Kier alpha value is -0.0800. The minimum absolute atomic E-state index is 0.289. The molecular weight excluding hydrogens is 208 g/mol. The molecule has 1 saturated carbocycles. The third-order valence-corrected chi connectivity index (χ3v) is 5.05. The van der Waals surface area contributed by atoms with Gasteiger partial charge in [-0.1, -0.05) is 40.0 Å². The van der Waals surface area contributed by atoms with E-state index in [0.29, 0.717) is 6.04 Å². The molecule has 0 aromatic carbocycles. The van der Waals surface area contributed by atoms with E-state index in [1.54, 1.807) is 0 Å². The van der Waals surface area contributed by atoms with Gasteiger partial charge in [0.1, 0.15) is 0 Å². The summed E-state index contributed by atoms with van der Waals surface area (Å²) in [4.78, 5) is 2.71. The first-order valence-electron chi connectivity index (χ1n) is 7.63. The van der Waals surface area contributed by atoms with E-state index >= 15 is 0 Å². The molecule has 1 fully saturated rings. The Morgan fingerprint density at radius 2 is 2.00 bits per heavy atom. The fourth-order valence-electron chi connectivity index (χ4n) is 3.93. The maximum Gasteiger partial charge on any atom is 0.0362 e. The number of rotatable bonds is 6. The SMILES string of the molecule is CCC(C)N(CC)C1(CN)CCCCC1CC. The number of likely N-dealkylation sites (N-methyl/N-ethyl adjacent to an activating group) is 1. The molecule has 1 aliphatic carbocycles. The number of nitrogens with zero attached hydrogens (tertiary/aromatic N) is 1. The summed E-state index contributed by atoms with van der Waals surface area (Å²) in [5.74, 6) is 0.801. The normalized spacial score (nSPS) is 31.8. The smallest absolute Gasteiger partial charge is 0.0362 e. The van der Waals surface area contributed by atoms with Gasteiger partial charge in [-0.3, -0.25) is 4.90 Å². The highest BCUT2D eigenvalue weighted by molar-refractivity contribution is 5.00. The molecule has 2 nitrogen and oxygen atoms in total. The van der Waals surface area contributed by atoms with Gasteiger partial charge in [0, 0.05) is 18.1 Å². The number of hydrogen-bond acceptors (Lipinski definition) is 2. The van der Waals surface area contributed by atoms with Crippen LogP contribution in [0.15, 0.2) is 0 Å². The summed E-state index contributed by atoms with van der Waals surface area (Å²) in [6.07, 6.45) is 7.95. The highest BCUT2D eigenvalue weighted by Gasteiger charge is 2.43. The summed E-state index contributed by atoms with van der Waals surface area (Å²) in [5, 5.41) is 0. The van der Waals surface area contributed by atoms with Gasteiger partial charge in [-0.15, -0.1) is 0 Å². The van der Waals surface area contributed by atoms with Gasteiger partial charge < -0.3 is 5.73 Å². The van der Waals surface area contributed by atoms with Crippen LogP contribution in [0.4, 0.5) is 0 Å². The molecule has 3 unspecified atom stereocenters. The summed E-state index contributed by atoms with van der Waals surface area (Å²) in [7, 11) is 0. The van der Waals surface area contributed by atoms with Crippen LogP contribution in [0.3, 0.4) is 0 Å². The lowest BCUT2D eigenvalue weighted by Gasteiger charge is -2.53. The molecule has 1 aliphatic rings. The van der Waals surface area contributed by atoms with Crippen molar-refractivity contribution in [3.8, 4) is 0 Å². The molecular formula is C15H32N2. The summed E-state index contributed by atoms with van der Waals surface area (Å²) in [6, 6.07) is 0.663. The topological polar surface area (TPSA) is 29.3 Å². The lowest BCUT2D eigenvalue weighted by atomic mass is 9.69. The minimum atomic E-state index is 0.289. The van der Waals surface area contributed by atoms with E-state index in [4.69, 9.17) is 5.73 Å². The molecule has 0 amide bonds. The van der Waals surface area contributed by atoms with Crippen LogP contribution in [0.2, 0.25) is 0 Å². The lowest BCUT2D eigenvalue weighted by Crippen LogP contribution is -2.62. The van der Waals surface area contributed by atoms with Crippen LogP contribution in [-0.4, -0.2) is 29.6 Å². The fraction of sp³-hybridized carbons (Fsp3) is 1.00. The average Bonchev–Trinajstić information content (AvgIpc) is 2.39. The standard InChI is InChI=1S/C15H32N2/c1-5-13(4)17(7-3)15(12-16)11-9-8-10-14(15)6-2/h13-14H,5-12,16H2,1-4H3. The average molecular weight is 240 g/mol. The molecule has 2 N–H and O–H groups in total. The zero-order valence-electron chi connectivity index (χ0n) is 12.3. The Balaban J connectivity index is 2.96. The maximum atomic E-state index is 6.23. The van der Waals surface area contributed by atoms with E-state index in [9.17, 15) is 0 Å². The predicted molar refractivity (Wildman–Crippen MR) is 76.2 cm³/mol. The van der Waals surface area contributed by atoms with Crippen molar-refractivity contribution in [3.05, 3.63) is 0 Å². The van der Waals surface area contributed by atoms with Crippen LogP contribution < -0.4 is 5.73 Å². The van der Waals surface area contributed by atoms with Crippen molar-refractivity contribution >= 4 is 0 Å². The quantitative estimate of drug-likeness (QED) is 0.771. The largest absolute Gasteiger partial charge is 0.329 e. The van der Waals surface area contributed by atoms with Crippen LogP contribution in [0.25, 0.3) is 0 Å². The molecule has 17 heavy (non-hydrogen) atoms. The molecule has 3 atom stereocenters. The molecule has 0 aromatic rings. The van der Waals surface area contributed by atoms with Gasteiger partial charge in [0.05, 0.1) is 0 Å². The fourth-order valence-corrected chi connectivity index (χ4v) is 3.93. The van der Waals surface area contributed by atoms with E-state index in [1.807, 2.05) is 0 Å². The molecule has 0 aliphatic heterocycles. The van der Waals surface area contributed by atoms with Crippen molar-refractivity contribution in [1.29, 1.82) is 0 Å². The second-order valence-electron chi connectivity index (χ2n) is 5.70. The molecule has 0 aromatic heterocycles. The Kier molecular flexibility index (Phi) is 5.94. The highest BCUT2D eigenvalue weighted by Crippen LogP contribution is 2.41. The van der Waals surface area contributed by atoms with Gasteiger partial charge in [-0.05, 0) is 38.6 Å². The van der Waals surface area contributed by atoms with Crippen molar-refractivity contribution in [2.75, 3.05) is 13.1 Å². The van der Waals surface area contributed by atoms with Crippen LogP contribution in [0, 0.1) is 5.92 Å². The van der Waals surface area contributed by atoms with Crippen molar-refractivity contribution in [1.82, 2.24) is 4.90 Å². The lowest BCUT2D eigenvalue weighted by molar-refractivity contribution is -0.0190. The Morgan fingerprint density at radius 3 is 2.47 bits per heavy atom. The number of hydrogen-bond donors (Lipinski definition) is 1. The third-order valence-electron chi connectivity index (χ3n) is 5.05. The van der Waals surface area contributed by atoms with Gasteiger partial charge in [0.25, 0.3) is 0 Å². The highest BCUT2D eigenvalue weighted by atomic mass is 15.2. The minimum Gasteiger partial charge on any atom is -0.329 e. The molecule has 0 bridgehead atoms. The molecule has 0 heterocycles. The van der Waals surface area contributed by atoms with Crippen molar-refractivity contribution in [3.63, 3.8) is 0 Å². The first-order valence-corrected chi connectivity index (χ1v) is 7.63. The molecule has 0 spiro atoms. The summed E-state index contributed by atoms with van der Waals surface area (Å²) in [5.41, 5.74) is 6.52. The molecule has 102 valence electrons. The van der Waals surface area contributed by atoms with Crippen LogP contribution >= 0.6 is 0 Å². The van der Waals surface area contributed by atoms with Gasteiger partial charge in [0.2, 0.25) is 0 Å². The third kappa shape index (κ3) is 2.85. The first-order chi connectivity index (χ1) is 8.16. The number of nitrogens with two attached hydrogens (primary N) is 1. The van der Waals surface area contributed by atoms with E-state index < -0.39 is 0 Å². The summed E-state index contributed by atoms with van der Waals surface area (Å²) in [6.45, 7) is 11.3. The van der Waals surface area contributed by atoms with E-state index in [2.05, 4.69) is 32.6 Å². The van der Waals surface area contributed by atoms with Crippen LogP contribution in [0.5, 0.6) is 0 Å². The maximum absolute atomic E-state index is 6.23. The van der Waals surface area contributed by atoms with Crippen LogP contribution in [0.1, 0.15) is 66.2 Å². The van der Waals surface area contributed by atoms with Gasteiger partial charge in [0.15, 0.2) is 0 Å². The molecule has 2 heteroatoms. The van der Waals surface area contributed by atoms with Crippen molar-refractivity contribution < 1.29 is 0 Å². The second kappa shape index (κ2) is 6.75. The zero-order valence-corrected chi connectivity index (χ0v) is 12.3. The van der Waals surface area contributed by atoms with Crippen molar-refractivity contribution in [2.24, 2.45) is 11.7 Å². The van der Waals surface area contributed by atoms with Gasteiger partial charge in [-0.25, -0.2) is 0 Å². The van der Waals surface area contributed by atoms with E-state index in [-0.39, 0.29) is 5.54 Å². The molecule has 0 radical (unpaired) electrons. The van der Waals surface area contributed by atoms with Crippen LogP contribution in [-0.2, 0) is 0 Å². The molecule has 1 rings (SSSR count). The summed E-state index contributed by atoms with van der Waals surface area (Å²) < 4.78 is 0. The van der Waals surface area contributed by atoms with Gasteiger partial charge in [-0.2, -0.15) is 0 Å². The van der Waals surface area contributed by atoms with E-state index in [1.165, 1.54) is 38.5 Å². The second-order valence-corrected chi connectivity index (χ2v) is 5.70. The van der Waals surface area contributed by atoms with Gasteiger partial charge >= 0.3 is 0 Å². The predicted octanol–water partition coefficient (Wildman–Crippen LogP) is 3.40. The Bertz CT molecular complexity index is 217. The zero-order chi connectivity index (χ0) is 12.9. The monoisotopic (exact) mass is 240 g/mol.